The quantitative estimate of drug-likeness (QED) is 0.728. The van der Waals surface area contributed by atoms with Gasteiger partial charge in [0.05, 0.1) is 0 Å². The molecule has 0 unspecified atom stereocenters. The lowest BCUT2D eigenvalue weighted by Crippen LogP contribution is -2.48. The zero-order chi connectivity index (χ0) is 12.8. The molecule has 3 heteroatoms. The molecule has 0 saturated heterocycles. The summed E-state index contributed by atoms with van der Waals surface area (Å²) in [5, 5.41) is 0.885. The molecule has 1 amide bonds. The van der Waals surface area contributed by atoms with Gasteiger partial charge < -0.3 is 4.90 Å². The van der Waals surface area contributed by atoms with Crippen molar-refractivity contribution in [3.8, 4) is 0 Å². The second-order valence-electron chi connectivity index (χ2n) is 7.10. The van der Waals surface area contributed by atoms with Crippen LogP contribution in [0.15, 0.2) is 0 Å². The summed E-state index contributed by atoms with van der Waals surface area (Å²) in [4.78, 5) is 14.2. The summed E-state index contributed by atoms with van der Waals surface area (Å²) >= 11 is 3.42. The van der Waals surface area contributed by atoms with Gasteiger partial charge in [0.1, 0.15) is 0 Å². The minimum Gasteiger partial charge on any atom is -0.345 e. The van der Waals surface area contributed by atoms with Crippen molar-refractivity contribution < 1.29 is 4.79 Å². The van der Waals surface area contributed by atoms with E-state index in [2.05, 4.69) is 15.9 Å². The molecule has 102 valence electrons. The lowest BCUT2D eigenvalue weighted by Gasteiger charge is -2.56. The molecule has 18 heavy (non-hydrogen) atoms. The third-order valence-electron chi connectivity index (χ3n) is 5.54. The van der Waals surface area contributed by atoms with Crippen molar-refractivity contribution >= 4 is 21.8 Å². The molecular formula is C15H24BrNO. The number of rotatable bonds is 4. The highest BCUT2D eigenvalue weighted by Crippen LogP contribution is 2.61. The van der Waals surface area contributed by atoms with Crippen LogP contribution in [0.3, 0.4) is 0 Å². The fraction of sp³-hybridized carbons (Fsp3) is 0.933. The third kappa shape index (κ3) is 2.35. The molecule has 0 radical (unpaired) electrons. The molecule has 0 N–H and O–H groups in total. The van der Waals surface area contributed by atoms with Gasteiger partial charge in [-0.1, -0.05) is 15.9 Å². The SMILES string of the molecule is CN(CCBr)C(=O)CC12CC3CC(CC(C3)C1)C2. The number of carbonyl (C=O) groups is 1. The number of hydrogen-bond acceptors (Lipinski definition) is 1. The largest absolute Gasteiger partial charge is 0.345 e. The third-order valence-corrected chi connectivity index (χ3v) is 5.89. The fourth-order valence-electron chi connectivity index (χ4n) is 5.21. The molecule has 4 aliphatic rings. The molecule has 0 spiro atoms. The van der Waals surface area contributed by atoms with Crippen LogP contribution in [-0.4, -0.2) is 29.7 Å². The Morgan fingerprint density at radius 3 is 2.11 bits per heavy atom. The van der Waals surface area contributed by atoms with E-state index in [9.17, 15) is 4.79 Å². The van der Waals surface area contributed by atoms with Crippen LogP contribution in [-0.2, 0) is 4.79 Å². The van der Waals surface area contributed by atoms with E-state index < -0.39 is 0 Å². The second-order valence-corrected chi connectivity index (χ2v) is 7.89. The van der Waals surface area contributed by atoms with E-state index in [4.69, 9.17) is 0 Å². The molecule has 0 aromatic carbocycles. The van der Waals surface area contributed by atoms with Gasteiger partial charge in [-0.2, -0.15) is 0 Å². The fourth-order valence-corrected chi connectivity index (χ4v) is 5.75. The first-order chi connectivity index (χ1) is 8.60. The second kappa shape index (κ2) is 4.81. The Morgan fingerprint density at radius 2 is 1.67 bits per heavy atom. The van der Waals surface area contributed by atoms with Gasteiger partial charge in [-0.3, -0.25) is 4.79 Å². The Labute approximate surface area is 119 Å². The van der Waals surface area contributed by atoms with E-state index in [0.717, 1.165) is 36.0 Å². The number of carbonyl (C=O) groups excluding carboxylic acids is 1. The van der Waals surface area contributed by atoms with Crippen LogP contribution in [0.2, 0.25) is 0 Å². The van der Waals surface area contributed by atoms with Gasteiger partial charge in [0, 0.05) is 25.3 Å². The van der Waals surface area contributed by atoms with E-state index in [1.54, 1.807) is 0 Å². The van der Waals surface area contributed by atoms with E-state index in [1.165, 1.54) is 38.5 Å². The Hall–Kier alpha value is -0.0500. The summed E-state index contributed by atoms with van der Waals surface area (Å²) in [6.45, 7) is 0.838. The molecule has 0 aliphatic heterocycles. The van der Waals surface area contributed by atoms with Crippen molar-refractivity contribution in [3.05, 3.63) is 0 Å². The summed E-state index contributed by atoms with van der Waals surface area (Å²) < 4.78 is 0. The molecular weight excluding hydrogens is 290 g/mol. The first kappa shape index (κ1) is 13.0. The molecule has 4 saturated carbocycles. The van der Waals surface area contributed by atoms with Crippen LogP contribution < -0.4 is 0 Å². The van der Waals surface area contributed by atoms with Gasteiger partial charge in [0.25, 0.3) is 0 Å². The summed E-state index contributed by atoms with van der Waals surface area (Å²) in [5.41, 5.74) is 0.395. The number of alkyl halides is 1. The summed E-state index contributed by atoms with van der Waals surface area (Å²) in [6, 6.07) is 0. The standard InChI is InChI=1S/C15H24BrNO/c1-17(3-2-16)14(18)10-15-7-11-4-12(8-15)6-13(5-11)9-15/h11-13H,2-10H2,1H3. The molecule has 0 aromatic heterocycles. The van der Waals surface area contributed by atoms with Crippen molar-refractivity contribution in [3.63, 3.8) is 0 Å². The maximum absolute atomic E-state index is 12.3. The van der Waals surface area contributed by atoms with Crippen molar-refractivity contribution in [2.45, 2.75) is 44.9 Å². The van der Waals surface area contributed by atoms with Gasteiger partial charge >= 0.3 is 0 Å². The van der Waals surface area contributed by atoms with Gasteiger partial charge in [-0.25, -0.2) is 0 Å². The molecule has 0 atom stereocenters. The molecule has 0 heterocycles. The lowest BCUT2D eigenvalue weighted by molar-refractivity contribution is -0.138. The Morgan fingerprint density at radius 1 is 1.17 bits per heavy atom. The molecule has 4 bridgehead atoms. The predicted molar refractivity (Wildman–Crippen MR) is 76.7 cm³/mol. The van der Waals surface area contributed by atoms with Crippen LogP contribution in [0.4, 0.5) is 0 Å². The van der Waals surface area contributed by atoms with Crippen LogP contribution in [0.5, 0.6) is 0 Å². The van der Waals surface area contributed by atoms with Crippen LogP contribution in [0, 0.1) is 23.2 Å². The number of nitrogens with zero attached hydrogens (tertiary/aromatic N) is 1. The van der Waals surface area contributed by atoms with E-state index in [0.29, 0.717) is 11.3 Å². The number of hydrogen-bond donors (Lipinski definition) is 0. The van der Waals surface area contributed by atoms with Crippen molar-refractivity contribution in [1.29, 1.82) is 0 Å². The normalized spacial score (nSPS) is 41.1. The average molecular weight is 314 g/mol. The summed E-state index contributed by atoms with van der Waals surface area (Å²) in [5.74, 6) is 3.22. The first-order valence-corrected chi connectivity index (χ1v) is 8.52. The highest BCUT2D eigenvalue weighted by atomic mass is 79.9. The van der Waals surface area contributed by atoms with Crippen LogP contribution in [0.25, 0.3) is 0 Å². The monoisotopic (exact) mass is 313 g/mol. The van der Waals surface area contributed by atoms with Gasteiger partial charge in [-0.05, 0) is 61.7 Å². The maximum atomic E-state index is 12.3. The molecule has 4 fully saturated rings. The van der Waals surface area contributed by atoms with E-state index >= 15 is 0 Å². The zero-order valence-corrected chi connectivity index (χ0v) is 12.9. The summed E-state index contributed by atoms with van der Waals surface area (Å²) in [7, 11) is 1.95. The minimum atomic E-state index is 0.372. The summed E-state index contributed by atoms with van der Waals surface area (Å²) in [6.07, 6.45) is 9.23. The molecule has 2 nitrogen and oxygen atoms in total. The van der Waals surface area contributed by atoms with Crippen molar-refractivity contribution in [1.82, 2.24) is 4.90 Å². The average Bonchev–Trinajstić information content (AvgIpc) is 2.26. The van der Waals surface area contributed by atoms with Gasteiger partial charge in [0.15, 0.2) is 0 Å². The van der Waals surface area contributed by atoms with Crippen LogP contribution >= 0.6 is 15.9 Å². The minimum absolute atomic E-state index is 0.372. The van der Waals surface area contributed by atoms with Gasteiger partial charge in [-0.15, -0.1) is 0 Å². The smallest absolute Gasteiger partial charge is 0.222 e. The molecule has 0 aromatic rings. The topological polar surface area (TPSA) is 20.3 Å². The lowest BCUT2D eigenvalue weighted by atomic mass is 9.49. The Kier molecular flexibility index (Phi) is 3.46. The predicted octanol–water partition coefficient (Wildman–Crippen LogP) is 3.45. The molecule has 4 aliphatic carbocycles. The van der Waals surface area contributed by atoms with Crippen molar-refractivity contribution in [2.24, 2.45) is 23.2 Å². The first-order valence-electron chi connectivity index (χ1n) is 7.40. The zero-order valence-electron chi connectivity index (χ0n) is 11.3. The van der Waals surface area contributed by atoms with Crippen molar-refractivity contribution in [2.75, 3.05) is 18.9 Å². The molecule has 4 rings (SSSR count). The van der Waals surface area contributed by atoms with E-state index in [1.807, 2.05) is 11.9 Å². The van der Waals surface area contributed by atoms with E-state index in [-0.39, 0.29) is 0 Å². The highest BCUT2D eigenvalue weighted by Gasteiger charge is 2.51. The number of amides is 1. The Balaban J connectivity index is 1.67. The highest BCUT2D eigenvalue weighted by molar-refractivity contribution is 9.09. The van der Waals surface area contributed by atoms with Gasteiger partial charge in [0.2, 0.25) is 5.91 Å². The number of halogens is 1. The Bertz CT molecular complexity index is 306. The maximum Gasteiger partial charge on any atom is 0.222 e. The van der Waals surface area contributed by atoms with Crippen LogP contribution in [0.1, 0.15) is 44.9 Å².